The molecule has 0 unspecified atom stereocenters. The number of hydrogen-bond donors (Lipinski definition) is 1. The van der Waals surface area contributed by atoms with Crippen LogP contribution in [0.1, 0.15) is 33.6 Å². The van der Waals surface area contributed by atoms with E-state index in [1.165, 1.54) is 0 Å². The van der Waals surface area contributed by atoms with E-state index in [4.69, 9.17) is 14.2 Å². The fourth-order valence-electron chi connectivity index (χ4n) is 1.45. The van der Waals surface area contributed by atoms with Crippen molar-refractivity contribution >= 4 is 18.2 Å². The lowest BCUT2D eigenvalue weighted by atomic mass is 10.1. The van der Waals surface area contributed by atoms with E-state index in [0.29, 0.717) is 19.8 Å². The van der Waals surface area contributed by atoms with Crippen molar-refractivity contribution in [2.75, 3.05) is 33.0 Å². The third-order valence-corrected chi connectivity index (χ3v) is 2.71. The molecule has 1 radical (unpaired) electrons. The summed E-state index contributed by atoms with van der Waals surface area (Å²) in [5.41, 5.74) is 0. The Hall–Kier alpha value is -1.47. The van der Waals surface area contributed by atoms with Crippen LogP contribution in [0.3, 0.4) is 0 Å². The molecule has 0 aromatic carbocycles. The normalized spacial score (nSPS) is 12.0. The van der Waals surface area contributed by atoms with Gasteiger partial charge in [0.1, 0.15) is 0 Å². The van der Waals surface area contributed by atoms with Crippen LogP contribution in [0.15, 0.2) is 0 Å². The first-order valence-corrected chi connectivity index (χ1v) is 7.49. The number of esters is 1. The van der Waals surface area contributed by atoms with Gasteiger partial charge in [0.25, 0.3) is 0 Å². The summed E-state index contributed by atoms with van der Waals surface area (Å²) in [5, 5.41) is 2.58. The largest absolute Gasteiger partial charge is 0.466 e. The maximum absolute atomic E-state index is 11.5. The zero-order chi connectivity index (χ0) is 16.8. The van der Waals surface area contributed by atoms with Crippen molar-refractivity contribution in [1.29, 1.82) is 0 Å². The Morgan fingerprint density at radius 1 is 1.05 bits per heavy atom. The minimum absolute atomic E-state index is 0.00941. The molecule has 22 heavy (non-hydrogen) atoms. The van der Waals surface area contributed by atoms with Crippen molar-refractivity contribution in [2.45, 2.75) is 39.7 Å². The quantitative estimate of drug-likeness (QED) is 0.395. The third kappa shape index (κ3) is 11.2. The zero-order valence-corrected chi connectivity index (χ0v) is 13.6. The molecule has 0 aliphatic rings. The van der Waals surface area contributed by atoms with Gasteiger partial charge in [-0.3, -0.25) is 14.4 Å². The van der Waals surface area contributed by atoms with Crippen LogP contribution in [0, 0.1) is 5.92 Å². The van der Waals surface area contributed by atoms with E-state index in [2.05, 4.69) is 5.32 Å². The highest BCUT2D eigenvalue weighted by Crippen LogP contribution is 1.98. The van der Waals surface area contributed by atoms with Gasteiger partial charge in [0, 0.05) is 6.42 Å². The second kappa shape index (κ2) is 13.2. The number of amides is 1. The molecule has 0 heterocycles. The third-order valence-electron chi connectivity index (χ3n) is 2.71. The van der Waals surface area contributed by atoms with Crippen molar-refractivity contribution in [3.05, 3.63) is 0 Å². The number of rotatable bonds is 13. The fraction of sp³-hybridized carbons (Fsp3) is 0.800. The molecule has 0 fully saturated rings. The monoisotopic (exact) mass is 316 g/mol. The van der Waals surface area contributed by atoms with Crippen LogP contribution in [0.4, 0.5) is 0 Å². The molecule has 0 aliphatic heterocycles. The van der Waals surface area contributed by atoms with Gasteiger partial charge in [-0.2, -0.15) is 0 Å². The van der Waals surface area contributed by atoms with Gasteiger partial charge in [-0.25, -0.2) is 0 Å². The molecule has 1 amide bonds. The summed E-state index contributed by atoms with van der Waals surface area (Å²) < 4.78 is 15.2. The number of hydrogen-bond acceptors (Lipinski definition) is 6. The van der Waals surface area contributed by atoms with Gasteiger partial charge in [-0.1, -0.05) is 13.8 Å². The smallest absolute Gasteiger partial charge is 0.308 e. The number of carbonyl (C=O) groups is 2. The average molecular weight is 316 g/mol. The van der Waals surface area contributed by atoms with Gasteiger partial charge >= 0.3 is 5.97 Å². The molecule has 7 nitrogen and oxygen atoms in total. The Kier molecular flexibility index (Phi) is 12.3. The molecule has 0 saturated heterocycles. The predicted octanol–water partition coefficient (Wildman–Crippen LogP) is 0.613. The number of ether oxygens (including phenoxy) is 3. The van der Waals surface area contributed by atoms with E-state index in [9.17, 15) is 14.4 Å². The Morgan fingerprint density at radius 3 is 2.14 bits per heavy atom. The molecule has 0 saturated carbocycles. The van der Waals surface area contributed by atoms with E-state index in [-0.39, 0.29) is 43.8 Å². The molecule has 127 valence electrons. The van der Waals surface area contributed by atoms with Crippen LogP contribution in [0.2, 0.25) is 0 Å². The van der Waals surface area contributed by atoms with Crippen molar-refractivity contribution in [1.82, 2.24) is 5.32 Å². The first-order chi connectivity index (χ1) is 10.5. The van der Waals surface area contributed by atoms with Crippen LogP contribution in [-0.4, -0.2) is 57.2 Å². The van der Waals surface area contributed by atoms with Gasteiger partial charge in [0.15, 0.2) is 0 Å². The summed E-state index contributed by atoms with van der Waals surface area (Å²) in [4.78, 5) is 33.2. The molecule has 0 aromatic rings. The zero-order valence-electron chi connectivity index (χ0n) is 13.6. The minimum Gasteiger partial charge on any atom is -0.466 e. The van der Waals surface area contributed by atoms with Crippen LogP contribution >= 0.6 is 0 Å². The van der Waals surface area contributed by atoms with E-state index >= 15 is 0 Å². The maximum Gasteiger partial charge on any atom is 0.308 e. The van der Waals surface area contributed by atoms with Crippen LogP contribution < -0.4 is 5.32 Å². The Labute approximate surface area is 131 Å². The highest BCUT2D eigenvalue weighted by atomic mass is 16.5. The van der Waals surface area contributed by atoms with E-state index in [0.717, 1.165) is 0 Å². The SMILES string of the molecule is CCOC(=O)CCOCCOCCC(=O)N[C@H]([C]=O)C(C)C. The van der Waals surface area contributed by atoms with Gasteiger partial charge < -0.3 is 19.5 Å². The van der Waals surface area contributed by atoms with Crippen LogP contribution in [-0.2, 0) is 28.6 Å². The van der Waals surface area contributed by atoms with Gasteiger partial charge in [0.2, 0.25) is 12.2 Å². The Morgan fingerprint density at radius 2 is 1.64 bits per heavy atom. The van der Waals surface area contributed by atoms with Crippen LogP contribution in [0.5, 0.6) is 0 Å². The molecule has 1 N–H and O–H groups in total. The van der Waals surface area contributed by atoms with E-state index in [1.54, 1.807) is 13.2 Å². The molecular formula is C15H26NO6. The lowest BCUT2D eigenvalue weighted by Gasteiger charge is -2.15. The molecule has 0 rings (SSSR count). The highest BCUT2D eigenvalue weighted by Gasteiger charge is 2.15. The molecule has 1 atom stereocenters. The first kappa shape index (κ1) is 20.5. The van der Waals surface area contributed by atoms with Crippen molar-refractivity contribution < 1.29 is 28.6 Å². The van der Waals surface area contributed by atoms with Gasteiger partial charge in [-0.05, 0) is 12.8 Å². The molecule has 0 aliphatic carbocycles. The van der Waals surface area contributed by atoms with Gasteiger partial charge in [-0.15, -0.1) is 0 Å². The number of nitrogens with one attached hydrogen (secondary N) is 1. The Balaban J connectivity index is 3.47. The summed E-state index contributed by atoms with van der Waals surface area (Å²) >= 11 is 0. The van der Waals surface area contributed by atoms with Gasteiger partial charge in [0.05, 0.1) is 45.5 Å². The summed E-state index contributed by atoms with van der Waals surface area (Å²) in [6, 6.07) is -0.585. The van der Waals surface area contributed by atoms with Crippen molar-refractivity contribution in [2.24, 2.45) is 5.92 Å². The highest BCUT2D eigenvalue weighted by molar-refractivity contribution is 5.79. The first-order valence-electron chi connectivity index (χ1n) is 7.49. The topological polar surface area (TPSA) is 90.9 Å². The second-order valence-electron chi connectivity index (χ2n) is 4.94. The van der Waals surface area contributed by atoms with Crippen molar-refractivity contribution in [3.8, 4) is 0 Å². The van der Waals surface area contributed by atoms with E-state index in [1.807, 2.05) is 13.8 Å². The molecule has 0 spiro atoms. The second-order valence-corrected chi connectivity index (χ2v) is 4.94. The Bertz CT molecular complexity index is 332. The summed E-state index contributed by atoms with van der Waals surface area (Å²) in [6.45, 7) is 6.99. The summed E-state index contributed by atoms with van der Waals surface area (Å²) in [5.74, 6) is -0.521. The average Bonchev–Trinajstić information content (AvgIpc) is 2.47. The lowest BCUT2D eigenvalue weighted by Crippen LogP contribution is -2.40. The number of carbonyl (C=O) groups excluding carboxylic acids is 3. The standard InChI is InChI=1S/C15H26NO6/c1-4-22-15(19)6-8-21-10-9-20-7-5-14(18)16-13(11-17)12(2)3/h12-13H,4-10H2,1-3H3,(H,16,18)/t13-/m1/s1. The summed E-state index contributed by atoms with van der Waals surface area (Å²) in [7, 11) is 0. The fourth-order valence-corrected chi connectivity index (χ4v) is 1.45. The maximum atomic E-state index is 11.5. The lowest BCUT2D eigenvalue weighted by molar-refractivity contribution is -0.144. The molecule has 0 bridgehead atoms. The predicted molar refractivity (Wildman–Crippen MR) is 80.0 cm³/mol. The summed E-state index contributed by atoms with van der Waals surface area (Å²) in [6.07, 6.45) is 2.19. The van der Waals surface area contributed by atoms with Crippen LogP contribution in [0.25, 0.3) is 0 Å². The molecular weight excluding hydrogens is 290 g/mol. The van der Waals surface area contributed by atoms with Crippen molar-refractivity contribution in [3.63, 3.8) is 0 Å². The molecule has 0 aromatic heterocycles. The van der Waals surface area contributed by atoms with E-state index < -0.39 is 6.04 Å². The minimum atomic E-state index is -0.585. The molecule has 7 heteroatoms.